The van der Waals surface area contributed by atoms with Gasteiger partial charge >= 0.3 is 0 Å². The Morgan fingerprint density at radius 2 is 2.20 bits per heavy atom. The summed E-state index contributed by atoms with van der Waals surface area (Å²) in [6, 6.07) is 3.57. The minimum absolute atomic E-state index is 0.254. The smallest absolute Gasteiger partial charge is 0.170 e. The molecular weight excluding hydrogens is 212 g/mol. The van der Waals surface area contributed by atoms with Crippen molar-refractivity contribution in [2.24, 2.45) is 0 Å². The van der Waals surface area contributed by atoms with Crippen LogP contribution in [0.4, 0.5) is 0 Å². The summed E-state index contributed by atoms with van der Waals surface area (Å²) >= 11 is 5.91. The van der Waals surface area contributed by atoms with Gasteiger partial charge in [0.15, 0.2) is 6.29 Å². The van der Waals surface area contributed by atoms with Crippen LogP contribution in [0.25, 0.3) is 5.52 Å². The number of carbonyl (C=O) groups excluding carboxylic acids is 1. The lowest BCUT2D eigenvalue weighted by molar-refractivity contribution is 0.112. The first-order chi connectivity index (χ1) is 7.13. The number of imidazole rings is 1. The molecule has 0 aromatic carbocycles. The molecule has 0 unspecified atom stereocenters. The SMILES string of the molecule is CC(C)c1nc(C=O)c2ccc(Cl)cn12. The van der Waals surface area contributed by atoms with E-state index in [1.54, 1.807) is 12.3 Å². The van der Waals surface area contributed by atoms with Crippen LogP contribution in [-0.4, -0.2) is 15.7 Å². The van der Waals surface area contributed by atoms with Crippen LogP contribution in [-0.2, 0) is 0 Å². The summed E-state index contributed by atoms with van der Waals surface area (Å²) in [5, 5.41) is 0.638. The van der Waals surface area contributed by atoms with E-state index in [1.165, 1.54) is 0 Å². The fraction of sp³-hybridized carbons (Fsp3) is 0.273. The molecule has 0 aliphatic heterocycles. The fourth-order valence-corrected chi connectivity index (χ4v) is 1.76. The number of pyridine rings is 1. The number of hydrogen-bond acceptors (Lipinski definition) is 2. The third kappa shape index (κ3) is 1.63. The van der Waals surface area contributed by atoms with Crippen LogP contribution >= 0.6 is 11.6 Å². The predicted molar refractivity (Wildman–Crippen MR) is 59.7 cm³/mol. The highest BCUT2D eigenvalue weighted by Crippen LogP contribution is 2.20. The summed E-state index contributed by atoms with van der Waals surface area (Å²) in [5.74, 6) is 1.11. The van der Waals surface area contributed by atoms with Gasteiger partial charge in [-0.1, -0.05) is 25.4 Å². The quantitative estimate of drug-likeness (QED) is 0.733. The van der Waals surface area contributed by atoms with Gasteiger partial charge < -0.3 is 4.40 Å². The monoisotopic (exact) mass is 222 g/mol. The normalized spacial score (nSPS) is 11.2. The van der Waals surface area contributed by atoms with Gasteiger partial charge in [-0.05, 0) is 12.1 Å². The van der Waals surface area contributed by atoms with Gasteiger partial charge in [-0.25, -0.2) is 4.98 Å². The maximum Gasteiger partial charge on any atom is 0.170 e. The Balaban J connectivity index is 2.81. The molecule has 0 atom stereocenters. The molecule has 0 saturated heterocycles. The van der Waals surface area contributed by atoms with Gasteiger partial charge in [0.25, 0.3) is 0 Å². The van der Waals surface area contributed by atoms with Gasteiger partial charge in [-0.15, -0.1) is 0 Å². The Morgan fingerprint density at radius 1 is 1.47 bits per heavy atom. The molecule has 0 radical (unpaired) electrons. The van der Waals surface area contributed by atoms with E-state index in [1.807, 2.05) is 24.3 Å². The van der Waals surface area contributed by atoms with Crippen molar-refractivity contribution in [2.45, 2.75) is 19.8 Å². The second kappa shape index (κ2) is 3.66. The number of halogens is 1. The minimum Gasteiger partial charge on any atom is -0.301 e. The van der Waals surface area contributed by atoms with Gasteiger partial charge in [0, 0.05) is 12.1 Å². The largest absolute Gasteiger partial charge is 0.301 e. The van der Waals surface area contributed by atoms with E-state index in [0.29, 0.717) is 10.7 Å². The number of fused-ring (bicyclic) bond motifs is 1. The minimum atomic E-state index is 0.254. The van der Waals surface area contributed by atoms with Crippen molar-refractivity contribution in [2.75, 3.05) is 0 Å². The van der Waals surface area contributed by atoms with E-state index in [4.69, 9.17) is 11.6 Å². The van der Waals surface area contributed by atoms with Crippen molar-refractivity contribution >= 4 is 23.4 Å². The number of hydrogen-bond donors (Lipinski definition) is 0. The van der Waals surface area contributed by atoms with Crippen LogP contribution in [0.3, 0.4) is 0 Å². The molecular formula is C11H11ClN2O. The number of rotatable bonds is 2. The van der Waals surface area contributed by atoms with E-state index >= 15 is 0 Å². The van der Waals surface area contributed by atoms with Gasteiger partial charge in [0.05, 0.1) is 10.5 Å². The lowest BCUT2D eigenvalue weighted by atomic mass is 10.2. The molecule has 0 fully saturated rings. The summed E-state index contributed by atoms with van der Waals surface area (Å²) in [6.45, 7) is 4.06. The van der Waals surface area contributed by atoms with E-state index < -0.39 is 0 Å². The summed E-state index contributed by atoms with van der Waals surface area (Å²) in [5.41, 5.74) is 1.27. The molecule has 0 saturated carbocycles. The average molecular weight is 223 g/mol. The molecule has 15 heavy (non-hydrogen) atoms. The molecule has 78 valence electrons. The van der Waals surface area contributed by atoms with E-state index in [0.717, 1.165) is 17.6 Å². The van der Waals surface area contributed by atoms with Gasteiger partial charge in [0.1, 0.15) is 11.5 Å². The molecule has 2 heterocycles. The topological polar surface area (TPSA) is 34.4 Å². The Kier molecular flexibility index (Phi) is 2.49. The first kappa shape index (κ1) is 10.2. The fourth-order valence-electron chi connectivity index (χ4n) is 1.60. The maximum atomic E-state index is 10.8. The number of carbonyl (C=O) groups is 1. The van der Waals surface area contributed by atoms with Crippen molar-refractivity contribution in [1.29, 1.82) is 0 Å². The van der Waals surface area contributed by atoms with Gasteiger partial charge in [-0.2, -0.15) is 0 Å². The molecule has 0 aliphatic carbocycles. The highest BCUT2D eigenvalue weighted by atomic mass is 35.5. The van der Waals surface area contributed by atoms with Crippen LogP contribution in [0.2, 0.25) is 5.02 Å². The second-order valence-corrected chi connectivity index (χ2v) is 4.17. The molecule has 4 heteroatoms. The molecule has 2 aromatic heterocycles. The number of nitrogens with zero attached hydrogens (tertiary/aromatic N) is 2. The van der Waals surface area contributed by atoms with Crippen LogP contribution in [0.5, 0.6) is 0 Å². The summed E-state index contributed by atoms with van der Waals surface area (Å²) in [7, 11) is 0. The predicted octanol–water partition coefficient (Wildman–Crippen LogP) is 2.92. The Hall–Kier alpha value is -1.35. The van der Waals surface area contributed by atoms with E-state index in [2.05, 4.69) is 4.98 Å². The summed E-state index contributed by atoms with van der Waals surface area (Å²) in [6.07, 6.45) is 2.56. The molecule has 0 aliphatic rings. The standard InChI is InChI=1S/C11H11ClN2O/c1-7(2)11-13-9(6-15)10-4-3-8(12)5-14(10)11/h3-7H,1-2H3. The molecule has 0 bridgehead atoms. The van der Waals surface area contributed by atoms with Crippen LogP contribution in [0.15, 0.2) is 18.3 Å². The van der Waals surface area contributed by atoms with Crippen molar-refractivity contribution in [3.8, 4) is 0 Å². The second-order valence-electron chi connectivity index (χ2n) is 3.73. The summed E-state index contributed by atoms with van der Waals surface area (Å²) < 4.78 is 1.87. The first-order valence-corrected chi connectivity index (χ1v) is 5.14. The molecule has 2 rings (SSSR count). The zero-order chi connectivity index (χ0) is 11.0. The summed E-state index contributed by atoms with van der Waals surface area (Å²) in [4.78, 5) is 15.1. The molecule has 3 nitrogen and oxygen atoms in total. The molecule has 0 N–H and O–H groups in total. The third-order valence-corrected chi connectivity index (χ3v) is 2.51. The zero-order valence-electron chi connectivity index (χ0n) is 8.57. The highest BCUT2D eigenvalue weighted by molar-refractivity contribution is 6.30. The van der Waals surface area contributed by atoms with Crippen LogP contribution in [0, 0.1) is 0 Å². The Bertz CT molecular complexity index is 517. The third-order valence-electron chi connectivity index (χ3n) is 2.28. The number of aromatic nitrogens is 2. The maximum absolute atomic E-state index is 10.8. The Morgan fingerprint density at radius 3 is 2.80 bits per heavy atom. The van der Waals surface area contributed by atoms with Crippen molar-refractivity contribution in [3.63, 3.8) is 0 Å². The zero-order valence-corrected chi connectivity index (χ0v) is 9.32. The van der Waals surface area contributed by atoms with Crippen molar-refractivity contribution < 1.29 is 4.79 Å². The molecule has 2 aromatic rings. The van der Waals surface area contributed by atoms with E-state index in [-0.39, 0.29) is 5.92 Å². The van der Waals surface area contributed by atoms with Crippen molar-refractivity contribution in [1.82, 2.24) is 9.38 Å². The van der Waals surface area contributed by atoms with Crippen molar-refractivity contribution in [3.05, 3.63) is 34.9 Å². The number of aldehydes is 1. The van der Waals surface area contributed by atoms with Crippen LogP contribution < -0.4 is 0 Å². The first-order valence-electron chi connectivity index (χ1n) is 4.76. The average Bonchev–Trinajstić information content (AvgIpc) is 2.55. The van der Waals surface area contributed by atoms with Gasteiger partial charge in [0.2, 0.25) is 0 Å². The highest BCUT2D eigenvalue weighted by Gasteiger charge is 2.12. The van der Waals surface area contributed by atoms with Gasteiger partial charge in [-0.3, -0.25) is 4.79 Å². The lowest BCUT2D eigenvalue weighted by Gasteiger charge is -2.03. The molecule has 0 amide bonds. The molecule has 0 spiro atoms. The van der Waals surface area contributed by atoms with Crippen LogP contribution in [0.1, 0.15) is 36.1 Å². The Labute approximate surface area is 92.7 Å². The lowest BCUT2D eigenvalue weighted by Crippen LogP contribution is -1.96. The van der Waals surface area contributed by atoms with E-state index in [9.17, 15) is 4.79 Å².